The van der Waals surface area contributed by atoms with Crippen LogP contribution in [0.15, 0.2) is 40.8 Å². The fraction of sp³-hybridized carbons (Fsp3) is 0.370. The van der Waals surface area contributed by atoms with Crippen molar-refractivity contribution >= 4 is 38.1 Å². The summed E-state index contributed by atoms with van der Waals surface area (Å²) in [5.74, 6) is 2.08. The van der Waals surface area contributed by atoms with Crippen LogP contribution in [0.1, 0.15) is 27.4 Å². The van der Waals surface area contributed by atoms with Gasteiger partial charge in [-0.15, -0.1) is 0 Å². The van der Waals surface area contributed by atoms with Gasteiger partial charge < -0.3 is 23.9 Å². The van der Waals surface area contributed by atoms with Gasteiger partial charge in [0, 0.05) is 18.6 Å². The van der Waals surface area contributed by atoms with Gasteiger partial charge >= 0.3 is 0 Å². The predicted molar refractivity (Wildman–Crippen MR) is 146 cm³/mol. The number of carbonyl (C=O) groups is 1. The summed E-state index contributed by atoms with van der Waals surface area (Å²) in [6, 6.07) is 11.8. The number of nitrogens with one attached hydrogen (secondary N) is 1. The van der Waals surface area contributed by atoms with Crippen LogP contribution in [0.5, 0.6) is 17.2 Å². The molecule has 6 nitrogen and oxygen atoms in total. The van der Waals surface area contributed by atoms with Gasteiger partial charge in [0.2, 0.25) is 0 Å². The van der Waals surface area contributed by atoms with Crippen LogP contribution < -0.4 is 29.9 Å². The average Bonchev–Trinajstić information content (AvgIpc) is 3.34. The van der Waals surface area contributed by atoms with E-state index in [1.54, 1.807) is 35.7 Å². The van der Waals surface area contributed by atoms with E-state index < -0.39 is 16.1 Å². The Labute approximate surface area is 209 Å². The minimum atomic E-state index is -1.41. The van der Waals surface area contributed by atoms with E-state index in [9.17, 15) is 4.79 Å². The lowest BCUT2D eigenvalue weighted by Crippen LogP contribution is -2.44. The fourth-order valence-electron chi connectivity index (χ4n) is 5.45. The van der Waals surface area contributed by atoms with Crippen molar-refractivity contribution in [2.24, 2.45) is 0 Å². The molecule has 1 aromatic heterocycles. The van der Waals surface area contributed by atoms with Crippen LogP contribution in [0, 0.1) is 6.92 Å². The first-order valence-electron chi connectivity index (χ1n) is 11.8. The predicted octanol–water partition coefficient (Wildman–Crippen LogP) is 4.84. The molecule has 0 radical (unpaired) electrons. The Bertz CT molecular complexity index is 1250. The molecule has 0 unspecified atom stereocenters. The molecule has 8 heteroatoms. The maximum absolute atomic E-state index is 13.0. The summed E-state index contributed by atoms with van der Waals surface area (Å²) in [7, 11) is 1.85. The molecular weight excluding hydrogens is 474 g/mol. The number of furan rings is 1. The molecule has 186 valence electrons. The molecule has 0 atom stereocenters. The minimum absolute atomic E-state index is 0.238. The standard InChI is InChI=1S/C27H35NO5Si2/c1-17-11-24-25(35(7,8)16-34(24,5)6)13-18(17)12-19-9-10-21(33-19)27(29)28-26-22(31-3)14-20(30-2)15-23(26)32-4/h9-11,13-15H,12,16H2,1-8H3,(H,28,29). The van der Waals surface area contributed by atoms with E-state index in [2.05, 4.69) is 50.6 Å². The number of rotatable bonds is 7. The number of aryl methyl sites for hydroxylation is 1. The molecule has 1 amide bonds. The molecule has 1 N–H and O–H groups in total. The normalized spacial score (nSPS) is 15.4. The van der Waals surface area contributed by atoms with Crippen molar-refractivity contribution in [2.75, 3.05) is 26.6 Å². The van der Waals surface area contributed by atoms with E-state index in [0.717, 1.165) is 5.76 Å². The van der Waals surface area contributed by atoms with Crippen LogP contribution in [0.25, 0.3) is 0 Å². The summed E-state index contributed by atoms with van der Waals surface area (Å²) in [4.78, 5) is 13.0. The Hall–Kier alpha value is -2.98. The Kier molecular flexibility index (Phi) is 6.63. The number of ether oxygens (including phenoxy) is 3. The van der Waals surface area contributed by atoms with Gasteiger partial charge in [-0.1, -0.05) is 54.4 Å². The molecule has 35 heavy (non-hydrogen) atoms. The number of amides is 1. The third kappa shape index (κ3) is 4.77. The molecule has 4 rings (SSSR count). The lowest BCUT2D eigenvalue weighted by atomic mass is 10.0. The Morgan fingerprint density at radius 3 is 2.09 bits per heavy atom. The smallest absolute Gasteiger partial charge is 0.291 e. The van der Waals surface area contributed by atoms with Crippen LogP contribution in [-0.4, -0.2) is 43.4 Å². The highest BCUT2D eigenvalue weighted by Crippen LogP contribution is 2.39. The molecule has 2 aromatic carbocycles. The van der Waals surface area contributed by atoms with Crippen molar-refractivity contribution in [1.82, 2.24) is 0 Å². The Morgan fingerprint density at radius 1 is 0.914 bits per heavy atom. The van der Waals surface area contributed by atoms with Crippen molar-refractivity contribution in [3.8, 4) is 17.2 Å². The fourth-order valence-corrected chi connectivity index (χ4v) is 20.6. The van der Waals surface area contributed by atoms with Crippen LogP contribution in [0.4, 0.5) is 5.69 Å². The first kappa shape index (κ1) is 25.1. The number of hydrogen-bond donors (Lipinski definition) is 1. The summed E-state index contributed by atoms with van der Waals surface area (Å²) in [6.45, 7) is 12.2. The van der Waals surface area contributed by atoms with Gasteiger partial charge in [-0.3, -0.25) is 4.79 Å². The average molecular weight is 510 g/mol. The van der Waals surface area contributed by atoms with Gasteiger partial charge in [-0.2, -0.15) is 0 Å². The Balaban J connectivity index is 1.57. The van der Waals surface area contributed by atoms with E-state index in [0.29, 0.717) is 29.4 Å². The van der Waals surface area contributed by atoms with Crippen molar-refractivity contribution in [3.05, 3.63) is 59.0 Å². The van der Waals surface area contributed by atoms with Crippen LogP contribution >= 0.6 is 0 Å². The van der Waals surface area contributed by atoms with E-state index in [4.69, 9.17) is 18.6 Å². The van der Waals surface area contributed by atoms with E-state index in [1.807, 2.05) is 6.07 Å². The zero-order chi connectivity index (χ0) is 25.5. The van der Waals surface area contributed by atoms with Crippen molar-refractivity contribution in [1.29, 1.82) is 0 Å². The molecule has 0 bridgehead atoms. The molecule has 3 aromatic rings. The van der Waals surface area contributed by atoms with Gasteiger partial charge in [-0.05, 0) is 30.2 Å². The van der Waals surface area contributed by atoms with E-state index in [1.165, 1.54) is 31.0 Å². The summed E-state index contributed by atoms with van der Waals surface area (Å²) >= 11 is 0. The second-order valence-electron chi connectivity index (χ2n) is 10.6. The number of fused-ring (bicyclic) bond motifs is 1. The molecule has 2 heterocycles. The third-order valence-electron chi connectivity index (χ3n) is 7.02. The molecular formula is C27H35NO5Si2. The molecule has 0 spiro atoms. The van der Waals surface area contributed by atoms with Crippen LogP contribution in [0.3, 0.4) is 0 Å². The molecule has 0 fully saturated rings. The first-order valence-corrected chi connectivity index (χ1v) is 18.2. The Morgan fingerprint density at radius 2 is 1.51 bits per heavy atom. The number of benzene rings is 2. The maximum atomic E-state index is 13.0. The summed E-state index contributed by atoms with van der Waals surface area (Å²) in [5, 5.41) is 6.11. The van der Waals surface area contributed by atoms with Crippen molar-refractivity contribution in [3.63, 3.8) is 0 Å². The van der Waals surface area contributed by atoms with E-state index >= 15 is 0 Å². The van der Waals surface area contributed by atoms with Gasteiger partial charge in [0.25, 0.3) is 5.91 Å². The van der Waals surface area contributed by atoms with E-state index in [-0.39, 0.29) is 11.7 Å². The SMILES string of the molecule is COc1cc(OC)c(NC(=O)c2ccc(Cc3cc4c(cc3C)[Si](C)(C)C[Si]4(C)C)o2)c(OC)c1. The van der Waals surface area contributed by atoms with Gasteiger partial charge in [0.15, 0.2) is 5.76 Å². The highest BCUT2D eigenvalue weighted by molar-refractivity contribution is 7.14. The van der Waals surface area contributed by atoms with Crippen molar-refractivity contribution in [2.45, 2.75) is 45.2 Å². The largest absolute Gasteiger partial charge is 0.496 e. The van der Waals surface area contributed by atoms with Gasteiger partial charge in [-0.25, -0.2) is 0 Å². The minimum Gasteiger partial charge on any atom is -0.496 e. The zero-order valence-corrected chi connectivity index (χ0v) is 23.9. The highest BCUT2D eigenvalue weighted by atomic mass is 28.4. The molecule has 0 aliphatic carbocycles. The van der Waals surface area contributed by atoms with Gasteiger partial charge in [0.1, 0.15) is 28.7 Å². The zero-order valence-electron chi connectivity index (χ0n) is 21.9. The van der Waals surface area contributed by atoms with Gasteiger partial charge in [0.05, 0.1) is 37.5 Å². The van der Waals surface area contributed by atoms with Crippen LogP contribution in [0.2, 0.25) is 31.9 Å². The van der Waals surface area contributed by atoms with Crippen molar-refractivity contribution < 1.29 is 23.4 Å². The lowest BCUT2D eigenvalue weighted by molar-refractivity contribution is 0.0994. The molecule has 1 aliphatic rings. The van der Waals surface area contributed by atoms with Crippen LogP contribution in [-0.2, 0) is 6.42 Å². The third-order valence-corrected chi connectivity index (χ3v) is 18.1. The lowest BCUT2D eigenvalue weighted by Gasteiger charge is -2.19. The molecule has 1 aliphatic heterocycles. The number of anilines is 1. The second-order valence-corrected chi connectivity index (χ2v) is 20.6. The maximum Gasteiger partial charge on any atom is 0.291 e. The number of methoxy groups -OCH3 is 3. The molecule has 0 saturated heterocycles. The quantitative estimate of drug-likeness (QED) is 0.462. The monoisotopic (exact) mass is 509 g/mol. The summed E-state index contributed by atoms with van der Waals surface area (Å²) in [6.07, 6.45) is 0.661. The topological polar surface area (TPSA) is 69.9 Å². The summed E-state index contributed by atoms with van der Waals surface area (Å²) < 4.78 is 22.1. The second kappa shape index (κ2) is 9.24. The molecule has 0 saturated carbocycles. The first-order chi connectivity index (χ1) is 16.5. The summed E-state index contributed by atoms with van der Waals surface area (Å²) in [5.41, 5.74) is 4.40. The highest BCUT2D eigenvalue weighted by Gasteiger charge is 2.44. The number of hydrogen-bond acceptors (Lipinski definition) is 5. The number of carbonyl (C=O) groups excluding carboxylic acids is 1.